The van der Waals surface area contributed by atoms with Crippen molar-refractivity contribution in [2.45, 2.75) is 33.7 Å². The van der Waals surface area contributed by atoms with Gasteiger partial charge in [-0.3, -0.25) is 10.1 Å². The first-order chi connectivity index (χ1) is 16.8. The van der Waals surface area contributed by atoms with Crippen LogP contribution in [-0.2, 0) is 14.3 Å². The van der Waals surface area contributed by atoms with Crippen molar-refractivity contribution in [3.8, 4) is 22.5 Å². The summed E-state index contributed by atoms with van der Waals surface area (Å²) in [5, 5.41) is 7.22. The van der Waals surface area contributed by atoms with Gasteiger partial charge >= 0.3 is 12.1 Å². The highest BCUT2D eigenvalue weighted by Gasteiger charge is 2.18. The van der Waals surface area contributed by atoms with Crippen molar-refractivity contribution >= 4 is 23.8 Å². The van der Waals surface area contributed by atoms with Crippen LogP contribution in [0.1, 0.15) is 39.4 Å². The first kappa shape index (κ1) is 25.4. The molecule has 2 aromatic heterocycles. The van der Waals surface area contributed by atoms with Gasteiger partial charge in [0.25, 0.3) is 5.56 Å². The Bertz CT molecular complexity index is 1280. The van der Waals surface area contributed by atoms with Crippen molar-refractivity contribution < 1.29 is 19.1 Å². The van der Waals surface area contributed by atoms with Crippen LogP contribution in [0.4, 0.5) is 10.5 Å². The van der Waals surface area contributed by atoms with E-state index in [0.717, 1.165) is 5.56 Å². The lowest BCUT2D eigenvalue weighted by Crippen LogP contribution is -2.24. The molecule has 0 saturated carbocycles. The number of hydrogen-bond acceptors (Lipinski definition) is 7. The lowest BCUT2D eigenvalue weighted by molar-refractivity contribution is -0.137. The zero-order valence-electron chi connectivity index (χ0n) is 20.1. The monoisotopic (exact) mass is 476 g/mol. The maximum atomic E-state index is 12.3. The summed E-state index contributed by atoms with van der Waals surface area (Å²) < 4.78 is 11.4. The largest absolute Gasteiger partial charge is 0.463 e. The molecule has 0 radical (unpaired) electrons. The van der Waals surface area contributed by atoms with Crippen LogP contribution < -0.4 is 10.9 Å². The summed E-state index contributed by atoms with van der Waals surface area (Å²) in [5.74, 6) is -0.535. The lowest BCUT2D eigenvalue weighted by atomic mass is 10.0. The van der Waals surface area contributed by atoms with Gasteiger partial charge in [-0.2, -0.15) is 5.10 Å². The highest BCUT2D eigenvalue weighted by atomic mass is 16.5. The average Bonchev–Trinajstić information content (AvgIpc) is 2.84. The minimum Gasteiger partial charge on any atom is -0.463 e. The molecule has 35 heavy (non-hydrogen) atoms. The van der Waals surface area contributed by atoms with E-state index in [2.05, 4.69) is 10.4 Å². The van der Waals surface area contributed by atoms with Gasteiger partial charge in [0.1, 0.15) is 0 Å². The molecule has 182 valence electrons. The number of benzene rings is 1. The van der Waals surface area contributed by atoms with E-state index < -0.39 is 12.1 Å². The lowest BCUT2D eigenvalue weighted by Gasteiger charge is -2.16. The molecule has 2 heterocycles. The summed E-state index contributed by atoms with van der Waals surface area (Å²) in [6, 6.07) is 14.0. The van der Waals surface area contributed by atoms with Gasteiger partial charge in [-0.1, -0.05) is 30.3 Å². The van der Waals surface area contributed by atoms with E-state index in [4.69, 9.17) is 14.5 Å². The number of nitrogens with zero attached hydrogens (tertiary/aromatic N) is 3. The molecule has 0 aliphatic rings. The predicted octanol–water partition coefficient (Wildman–Crippen LogP) is 4.70. The average molecular weight is 477 g/mol. The van der Waals surface area contributed by atoms with Gasteiger partial charge in [0.15, 0.2) is 0 Å². The number of nitrogens with one attached hydrogen (secondary N) is 1. The Labute approximate surface area is 203 Å². The maximum absolute atomic E-state index is 12.3. The van der Waals surface area contributed by atoms with E-state index in [1.165, 1.54) is 22.9 Å². The number of carbonyl (C=O) groups is 2. The van der Waals surface area contributed by atoms with Crippen LogP contribution in [0.2, 0.25) is 0 Å². The molecule has 3 aromatic rings. The second-order valence-electron chi connectivity index (χ2n) is 7.71. The fourth-order valence-corrected chi connectivity index (χ4v) is 3.32. The SMILES string of the molecule is CCOC(=O)C=Cc1nc(-c2ccccc2)c(-c2ccc(=O)n(C(C)C)n2)cc1NC(=O)OCC. The maximum Gasteiger partial charge on any atom is 0.411 e. The van der Waals surface area contributed by atoms with Crippen LogP contribution in [0.3, 0.4) is 0 Å². The Morgan fingerprint density at radius 3 is 2.43 bits per heavy atom. The quantitative estimate of drug-likeness (QED) is 0.370. The summed E-state index contributed by atoms with van der Waals surface area (Å²) in [4.78, 5) is 41.3. The number of hydrogen-bond donors (Lipinski definition) is 1. The molecule has 0 spiro atoms. The van der Waals surface area contributed by atoms with Crippen molar-refractivity contribution in [1.29, 1.82) is 0 Å². The first-order valence-corrected chi connectivity index (χ1v) is 11.3. The molecule has 0 bridgehead atoms. The van der Waals surface area contributed by atoms with Gasteiger partial charge in [-0.05, 0) is 45.9 Å². The minimum absolute atomic E-state index is 0.153. The standard InChI is InChI=1S/C26H28N4O5/c1-5-34-24(32)15-13-21-22(28-26(33)35-6-2)16-19(25(27-21)18-10-8-7-9-11-18)20-12-14-23(31)30(29-20)17(3)4/h7-17H,5-6H2,1-4H3,(H,28,33). The van der Waals surface area contributed by atoms with Crippen LogP contribution in [0, 0.1) is 0 Å². The summed E-state index contributed by atoms with van der Waals surface area (Å²) in [7, 11) is 0. The predicted molar refractivity (Wildman–Crippen MR) is 134 cm³/mol. The van der Waals surface area contributed by atoms with E-state index in [1.54, 1.807) is 26.0 Å². The first-order valence-electron chi connectivity index (χ1n) is 11.3. The fraction of sp³-hybridized carbons (Fsp3) is 0.269. The second kappa shape index (κ2) is 11.7. The van der Waals surface area contributed by atoms with E-state index in [0.29, 0.717) is 28.3 Å². The van der Waals surface area contributed by atoms with Crippen molar-refractivity contribution in [3.05, 3.63) is 70.7 Å². The van der Waals surface area contributed by atoms with E-state index in [9.17, 15) is 14.4 Å². The number of aromatic nitrogens is 3. The molecule has 9 nitrogen and oxygen atoms in total. The Kier molecular flexibility index (Phi) is 8.50. The second-order valence-corrected chi connectivity index (χ2v) is 7.71. The summed E-state index contributed by atoms with van der Waals surface area (Å²) >= 11 is 0. The fourth-order valence-electron chi connectivity index (χ4n) is 3.32. The molecule has 0 aliphatic heterocycles. The molecule has 1 aromatic carbocycles. The number of pyridine rings is 1. The van der Waals surface area contributed by atoms with Gasteiger partial charge < -0.3 is 9.47 Å². The molecule has 9 heteroatoms. The minimum atomic E-state index is -0.668. The Morgan fingerprint density at radius 1 is 1.06 bits per heavy atom. The molecule has 1 N–H and O–H groups in total. The van der Waals surface area contributed by atoms with E-state index >= 15 is 0 Å². The molecule has 0 saturated heterocycles. The molecule has 3 rings (SSSR count). The molecule has 0 unspecified atom stereocenters. The zero-order chi connectivity index (χ0) is 25.4. The number of esters is 1. The zero-order valence-corrected chi connectivity index (χ0v) is 20.1. The summed E-state index contributed by atoms with van der Waals surface area (Å²) in [6.07, 6.45) is 2.05. The Balaban J connectivity index is 2.26. The van der Waals surface area contributed by atoms with Crippen molar-refractivity contribution in [2.75, 3.05) is 18.5 Å². The smallest absolute Gasteiger partial charge is 0.411 e. The number of anilines is 1. The van der Waals surface area contributed by atoms with Gasteiger partial charge in [-0.25, -0.2) is 19.3 Å². The van der Waals surface area contributed by atoms with Crippen LogP contribution in [0.15, 0.2) is 59.4 Å². The third-order valence-electron chi connectivity index (χ3n) is 4.87. The highest BCUT2D eigenvalue weighted by Crippen LogP contribution is 2.33. The summed E-state index contributed by atoms with van der Waals surface area (Å²) in [5.41, 5.74) is 2.85. The number of ether oxygens (including phenoxy) is 2. The third-order valence-corrected chi connectivity index (χ3v) is 4.87. The summed E-state index contributed by atoms with van der Waals surface area (Å²) in [6.45, 7) is 7.56. The topological polar surface area (TPSA) is 112 Å². The van der Waals surface area contributed by atoms with Gasteiger partial charge in [0, 0.05) is 23.3 Å². The third kappa shape index (κ3) is 6.41. The van der Waals surface area contributed by atoms with Crippen LogP contribution in [0.25, 0.3) is 28.6 Å². The molecular weight excluding hydrogens is 448 g/mol. The molecule has 0 fully saturated rings. The van der Waals surface area contributed by atoms with Gasteiger partial charge in [0.05, 0.1) is 42.0 Å². The van der Waals surface area contributed by atoms with Crippen molar-refractivity contribution in [2.24, 2.45) is 0 Å². The highest BCUT2D eigenvalue weighted by molar-refractivity contribution is 5.94. The number of carbonyl (C=O) groups excluding carboxylic acids is 2. The molecule has 1 amide bonds. The molecular formula is C26H28N4O5. The van der Waals surface area contributed by atoms with Gasteiger partial charge in [-0.15, -0.1) is 0 Å². The van der Waals surface area contributed by atoms with Crippen molar-refractivity contribution in [3.63, 3.8) is 0 Å². The number of rotatable bonds is 8. The van der Waals surface area contributed by atoms with Crippen LogP contribution in [0.5, 0.6) is 0 Å². The van der Waals surface area contributed by atoms with E-state index in [1.807, 2.05) is 44.2 Å². The normalized spacial score (nSPS) is 11.0. The Morgan fingerprint density at radius 2 is 1.77 bits per heavy atom. The van der Waals surface area contributed by atoms with Crippen LogP contribution in [-0.4, -0.2) is 40.0 Å². The number of amides is 1. The van der Waals surface area contributed by atoms with Gasteiger partial charge in [0.2, 0.25) is 0 Å². The molecule has 0 aliphatic carbocycles. The Hall–Kier alpha value is -4.27. The molecule has 0 atom stereocenters. The van der Waals surface area contributed by atoms with Crippen molar-refractivity contribution in [1.82, 2.24) is 14.8 Å². The van der Waals surface area contributed by atoms with Crippen LogP contribution >= 0.6 is 0 Å². The van der Waals surface area contributed by atoms with E-state index in [-0.39, 0.29) is 24.8 Å².